The predicted octanol–water partition coefficient (Wildman–Crippen LogP) is 5.05. The Morgan fingerprint density at radius 2 is 1.47 bits per heavy atom. The number of hydrogen-bond acceptors (Lipinski definition) is 2. The Balaban J connectivity index is 0.000000324. The first-order valence-corrected chi connectivity index (χ1v) is 6.42. The fraction of sp³-hybridized carbons (Fsp3) is 0.412. The van der Waals surface area contributed by atoms with Crippen LogP contribution in [0.5, 0.6) is 0 Å². The van der Waals surface area contributed by atoms with E-state index in [0.29, 0.717) is 11.8 Å². The van der Waals surface area contributed by atoms with Gasteiger partial charge in [-0.2, -0.15) is 0 Å². The Morgan fingerprint density at radius 1 is 0.842 bits per heavy atom. The zero-order valence-corrected chi connectivity index (χ0v) is 11.7. The molecule has 0 unspecified atom stereocenters. The first kappa shape index (κ1) is 17.3. The van der Waals surface area contributed by atoms with E-state index in [1.807, 2.05) is 6.07 Å². The van der Waals surface area contributed by atoms with Crippen molar-refractivity contribution in [3.8, 4) is 0 Å². The third-order valence-corrected chi connectivity index (χ3v) is 2.64. The highest BCUT2D eigenvalue weighted by atomic mass is 14.8. The Labute approximate surface area is 117 Å². The average molecular weight is 258 g/mol. The monoisotopic (exact) mass is 258 g/mol. The number of benzene rings is 1. The van der Waals surface area contributed by atoms with Gasteiger partial charge in [0.05, 0.1) is 5.69 Å². The molecule has 1 aromatic heterocycles. The van der Waals surface area contributed by atoms with Crippen LogP contribution in [0.1, 0.15) is 58.2 Å². The van der Waals surface area contributed by atoms with Crippen LogP contribution in [0, 0.1) is 0 Å². The smallest absolute Gasteiger partial charge is 0.0612 e. The molecule has 0 saturated heterocycles. The number of nitrogens with zero attached hydrogens (tertiary/aromatic N) is 2. The van der Waals surface area contributed by atoms with Gasteiger partial charge >= 0.3 is 0 Å². The van der Waals surface area contributed by atoms with Crippen LogP contribution in [-0.2, 0) is 0 Å². The Morgan fingerprint density at radius 3 is 1.79 bits per heavy atom. The molecule has 19 heavy (non-hydrogen) atoms. The molecular formula is C17H26N2. The molecule has 0 fully saturated rings. The minimum absolute atomic E-state index is 0. The summed E-state index contributed by atoms with van der Waals surface area (Å²) in [5.74, 6) is 1.14. The molecule has 0 aliphatic rings. The molecule has 0 amide bonds. The lowest BCUT2D eigenvalue weighted by atomic mass is 10.0. The summed E-state index contributed by atoms with van der Waals surface area (Å²) >= 11 is 0. The maximum Gasteiger partial charge on any atom is 0.0612 e. The Kier molecular flexibility index (Phi) is 8.43. The Hall–Kier alpha value is -1.70. The Bertz CT molecular complexity index is 378. The lowest BCUT2D eigenvalue weighted by Gasteiger charge is -2.01. The van der Waals surface area contributed by atoms with Crippen molar-refractivity contribution in [1.82, 2.24) is 9.97 Å². The van der Waals surface area contributed by atoms with Crippen LogP contribution in [0.3, 0.4) is 0 Å². The minimum atomic E-state index is 0. The van der Waals surface area contributed by atoms with E-state index in [-0.39, 0.29) is 7.43 Å². The van der Waals surface area contributed by atoms with Gasteiger partial charge in [0, 0.05) is 18.6 Å². The maximum absolute atomic E-state index is 4.12. The lowest BCUT2D eigenvalue weighted by Crippen LogP contribution is -1.91. The lowest BCUT2D eigenvalue weighted by molar-refractivity contribution is 0.812. The van der Waals surface area contributed by atoms with Crippen LogP contribution in [0.15, 0.2) is 48.9 Å². The van der Waals surface area contributed by atoms with Crippen molar-refractivity contribution in [2.24, 2.45) is 0 Å². The number of aromatic nitrogens is 2. The molecule has 0 N–H and O–H groups in total. The van der Waals surface area contributed by atoms with Crippen molar-refractivity contribution in [1.29, 1.82) is 0 Å². The van der Waals surface area contributed by atoms with Gasteiger partial charge in [-0.05, 0) is 17.4 Å². The van der Waals surface area contributed by atoms with Crippen LogP contribution in [-0.4, -0.2) is 9.97 Å². The van der Waals surface area contributed by atoms with Gasteiger partial charge in [-0.1, -0.05) is 65.5 Å². The summed E-state index contributed by atoms with van der Waals surface area (Å²) in [6.45, 7) is 8.61. The summed E-state index contributed by atoms with van der Waals surface area (Å²) in [5.41, 5.74) is 2.47. The van der Waals surface area contributed by atoms with Gasteiger partial charge in [0.15, 0.2) is 0 Å². The molecule has 104 valence electrons. The molecule has 0 atom stereocenters. The van der Waals surface area contributed by atoms with Crippen molar-refractivity contribution >= 4 is 0 Å². The van der Waals surface area contributed by atoms with E-state index < -0.39 is 0 Å². The topological polar surface area (TPSA) is 25.8 Å². The van der Waals surface area contributed by atoms with Crippen LogP contribution < -0.4 is 0 Å². The molecule has 0 saturated carbocycles. The second-order valence-electron chi connectivity index (χ2n) is 4.85. The second-order valence-corrected chi connectivity index (χ2v) is 4.85. The molecule has 2 aromatic rings. The molecule has 0 bridgehead atoms. The summed E-state index contributed by atoms with van der Waals surface area (Å²) in [7, 11) is 0. The van der Waals surface area contributed by atoms with Crippen LogP contribution in [0.25, 0.3) is 0 Å². The van der Waals surface area contributed by atoms with Crippen molar-refractivity contribution in [3.05, 3.63) is 60.2 Å². The molecule has 0 aliphatic heterocycles. The van der Waals surface area contributed by atoms with E-state index in [4.69, 9.17) is 0 Å². The maximum atomic E-state index is 4.12. The van der Waals surface area contributed by atoms with Gasteiger partial charge in [-0.25, -0.2) is 0 Å². The molecule has 2 heteroatoms. The molecule has 1 heterocycles. The van der Waals surface area contributed by atoms with Gasteiger partial charge in [0.25, 0.3) is 0 Å². The molecular weight excluding hydrogens is 232 g/mol. The van der Waals surface area contributed by atoms with Gasteiger partial charge in [0.1, 0.15) is 0 Å². The summed E-state index contributed by atoms with van der Waals surface area (Å²) < 4.78 is 0. The summed E-state index contributed by atoms with van der Waals surface area (Å²) in [6, 6.07) is 10.5. The highest BCUT2D eigenvalue weighted by molar-refractivity contribution is 5.17. The first-order chi connectivity index (χ1) is 8.61. The van der Waals surface area contributed by atoms with Crippen molar-refractivity contribution in [3.63, 3.8) is 0 Å². The number of rotatable bonds is 2. The van der Waals surface area contributed by atoms with E-state index in [9.17, 15) is 0 Å². The average Bonchev–Trinajstić information content (AvgIpc) is 2.41. The normalized spacial score (nSPS) is 9.58. The predicted molar refractivity (Wildman–Crippen MR) is 83.4 cm³/mol. The van der Waals surface area contributed by atoms with Crippen LogP contribution >= 0.6 is 0 Å². The van der Waals surface area contributed by atoms with Crippen molar-refractivity contribution < 1.29 is 0 Å². The van der Waals surface area contributed by atoms with Gasteiger partial charge in [0.2, 0.25) is 0 Å². The largest absolute Gasteiger partial charge is 0.261 e. The fourth-order valence-corrected chi connectivity index (χ4v) is 1.45. The molecule has 0 spiro atoms. The summed E-state index contributed by atoms with van der Waals surface area (Å²) in [5, 5.41) is 0. The van der Waals surface area contributed by atoms with E-state index in [1.54, 1.807) is 18.6 Å². The molecule has 2 rings (SSSR count). The van der Waals surface area contributed by atoms with Crippen LogP contribution in [0.4, 0.5) is 0 Å². The molecule has 1 aromatic carbocycles. The number of hydrogen-bond donors (Lipinski definition) is 0. The van der Waals surface area contributed by atoms with Gasteiger partial charge in [-0.3, -0.25) is 9.97 Å². The quantitative estimate of drug-likeness (QED) is 0.753. The standard InChI is InChI=1S/C9H12.C7H10N2.CH4/c1-8(2)9-6-4-3-5-7-9;1-6(2)7-5-8-3-4-9-7;/h3-8H,1-2H3;3-6H,1-2H3;1H4. The van der Waals surface area contributed by atoms with E-state index in [1.165, 1.54) is 5.56 Å². The third kappa shape index (κ3) is 6.70. The van der Waals surface area contributed by atoms with Crippen molar-refractivity contribution in [2.45, 2.75) is 47.0 Å². The second kappa shape index (κ2) is 9.26. The van der Waals surface area contributed by atoms with Crippen LogP contribution in [0.2, 0.25) is 0 Å². The minimum Gasteiger partial charge on any atom is -0.261 e. The molecule has 2 nitrogen and oxygen atoms in total. The third-order valence-electron chi connectivity index (χ3n) is 2.64. The highest BCUT2D eigenvalue weighted by Gasteiger charge is 1.96. The van der Waals surface area contributed by atoms with Crippen molar-refractivity contribution in [2.75, 3.05) is 0 Å². The zero-order valence-electron chi connectivity index (χ0n) is 11.7. The highest BCUT2D eigenvalue weighted by Crippen LogP contribution is 2.11. The molecule has 0 aliphatic carbocycles. The van der Waals surface area contributed by atoms with E-state index in [2.05, 4.69) is 61.9 Å². The summed E-state index contributed by atoms with van der Waals surface area (Å²) in [6.07, 6.45) is 5.20. The zero-order chi connectivity index (χ0) is 13.4. The van der Waals surface area contributed by atoms with E-state index >= 15 is 0 Å². The summed E-state index contributed by atoms with van der Waals surface area (Å²) in [4.78, 5) is 8.06. The molecule has 0 radical (unpaired) electrons. The van der Waals surface area contributed by atoms with E-state index in [0.717, 1.165) is 5.69 Å². The fourth-order valence-electron chi connectivity index (χ4n) is 1.45. The van der Waals surface area contributed by atoms with Gasteiger partial charge < -0.3 is 0 Å². The van der Waals surface area contributed by atoms with Gasteiger partial charge in [-0.15, -0.1) is 0 Å². The first-order valence-electron chi connectivity index (χ1n) is 6.42. The SMILES string of the molecule is C.CC(C)c1ccccc1.CC(C)c1cnccn1.